The van der Waals surface area contributed by atoms with Gasteiger partial charge in [0.25, 0.3) is 11.6 Å². The van der Waals surface area contributed by atoms with Gasteiger partial charge >= 0.3 is 0 Å². The Morgan fingerprint density at radius 1 is 1.04 bits per heavy atom. The van der Waals surface area contributed by atoms with Crippen molar-refractivity contribution >= 4 is 40.8 Å². The summed E-state index contributed by atoms with van der Waals surface area (Å²) in [7, 11) is 0. The van der Waals surface area contributed by atoms with Crippen LogP contribution in [0.25, 0.3) is 0 Å². The number of anilines is 1. The molecule has 0 unspecified atom stereocenters. The van der Waals surface area contributed by atoms with E-state index in [0.717, 1.165) is 5.69 Å². The molecule has 8 heteroatoms. The summed E-state index contributed by atoms with van der Waals surface area (Å²) in [6, 6.07) is 14.0. The number of thioether (sulfide) groups is 2. The van der Waals surface area contributed by atoms with E-state index in [4.69, 9.17) is 0 Å². The lowest BCUT2D eigenvalue weighted by Gasteiger charge is -2.10. The third-order valence-corrected chi connectivity index (χ3v) is 6.99. The Kier molecular flexibility index (Phi) is 6.40. The average Bonchev–Trinajstić information content (AvgIpc) is 3.20. The molecule has 2 aromatic carbocycles. The first-order valence-electron chi connectivity index (χ1n) is 8.23. The van der Waals surface area contributed by atoms with Crippen LogP contribution in [0.2, 0.25) is 0 Å². The topological polar surface area (TPSA) is 84.3 Å². The van der Waals surface area contributed by atoms with Crippen molar-refractivity contribution in [2.24, 2.45) is 0 Å². The quantitative estimate of drug-likeness (QED) is 0.424. The van der Waals surface area contributed by atoms with Gasteiger partial charge in [-0.2, -0.15) is 0 Å². The Balaban J connectivity index is 1.42. The van der Waals surface area contributed by atoms with Crippen LogP contribution in [0.15, 0.2) is 48.5 Å². The summed E-state index contributed by atoms with van der Waals surface area (Å²) in [6.07, 6.45) is 0. The second kappa shape index (κ2) is 8.95. The van der Waals surface area contributed by atoms with E-state index in [0.29, 0.717) is 23.2 Å². The molecule has 3 rings (SSSR count). The van der Waals surface area contributed by atoms with E-state index >= 15 is 0 Å². The lowest BCUT2D eigenvalue weighted by molar-refractivity contribution is -0.384. The molecule has 1 aliphatic rings. The molecular formula is C18H19N3O3S2. The minimum Gasteiger partial charge on any atom is -0.383 e. The smallest absolute Gasteiger partial charge is 0.269 e. The van der Waals surface area contributed by atoms with Gasteiger partial charge in [0.15, 0.2) is 0 Å². The number of nitrogens with one attached hydrogen (secondary N) is 2. The number of nitro benzene ring substituents is 1. The lowest BCUT2D eigenvalue weighted by atomic mass is 10.1. The van der Waals surface area contributed by atoms with Gasteiger partial charge < -0.3 is 10.6 Å². The number of nitro groups is 1. The summed E-state index contributed by atoms with van der Waals surface area (Å²) < 4.78 is 0.484. The molecule has 0 atom stereocenters. The molecule has 1 heterocycles. The van der Waals surface area contributed by atoms with E-state index in [1.54, 1.807) is 12.1 Å². The summed E-state index contributed by atoms with van der Waals surface area (Å²) >= 11 is 3.89. The first-order valence-corrected chi connectivity index (χ1v) is 10.3. The highest BCUT2D eigenvalue weighted by Crippen LogP contribution is 2.45. The Labute approximate surface area is 160 Å². The molecule has 0 radical (unpaired) electrons. The summed E-state index contributed by atoms with van der Waals surface area (Å²) in [6.45, 7) is 1.00. The Hall–Kier alpha value is -2.19. The van der Waals surface area contributed by atoms with E-state index in [2.05, 4.69) is 10.6 Å². The van der Waals surface area contributed by atoms with Gasteiger partial charge in [0.1, 0.15) is 0 Å². The van der Waals surface area contributed by atoms with Crippen molar-refractivity contribution in [1.82, 2.24) is 5.32 Å². The first-order chi connectivity index (χ1) is 12.6. The maximum absolute atomic E-state index is 12.2. The van der Waals surface area contributed by atoms with E-state index < -0.39 is 4.92 Å². The Morgan fingerprint density at radius 3 is 2.31 bits per heavy atom. The fourth-order valence-electron chi connectivity index (χ4n) is 2.53. The molecule has 1 fully saturated rings. The predicted octanol–water partition coefficient (Wildman–Crippen LogP) is 3.92. The molecule has 1 saturated heterocycles. The van der Waals surface area contributed by atoms with E-state index in [1.807, 2.05) is 47.8 Å². The number of rotatable bonds is 7. The largest absolute Gasteiger partial charge is 0.383 e. The normalized spacial score (nSPS) is 14.2. The highest BCUT2D eigenvalue weighted by molar-refractivity contribution is 8.19. The molecule has 0 bridgehead atoms. The zero-order valence-electron chi connectivity index (χ0n) is 14.0. The van der Waals surface area contributed by atoms with Crippen LogP contribution in [0, 0.1) is 10.1 Å². The van der Waals surface area contributed by atoms with Crippen molar-refractivity contribution in [2.75, 3.05) is 29.9 Å². The van der Waals surface area contributed by atoms with Crippen molar-refractivity contribution < 1.29 is 9.72 Å². The molecule has 26 heavy (non-hydrogen) atoms. The molecule has 136 valence electrons. The van der Waals surface area contributed by atoms with Crippen LogP contribution in [-0.4, -0.2) is 35.4 Å². The third-order valence-electron chi connectivity index (χ3n) is 3.88. The molecular weight excluding hydrogens is 370 g/mol. The standard InChI is InChI=1S/C18H19N3O3S2/c22-17(13-1-3-14(4-2-13)18-25-11-12-26-18)20-10-9-19-15-5-7-16(8-6-15)21(23)24/h1-8,18-19H,9-12H2,(H,20,22). The molecule has 6 nitrogen and oxygen atoms in total. The average molecular weight is 390 g/mol. The van der Waals surface area contributed by atoms with Crippen LogP contribution in [0.4, 0.5) is 11.4 Å². The maximum Gasteiger partial charge on any atom is 0.269 e. The first kappa shape index (κ1) is 18.6. The van der Waals surface area contributed by atoms with Crippen molar-refractivity contribution in [3.63, 3.8) is 0 Å². The van der Waals surface area contributed by atoms with Gasteiger partial charge in [-0.25, -0.2) is 0 Å². The van der Waals surface area contributed by atoms with Crippen molar-refractivity contribution in [2.45, 2.75) is 4.58 Å². The van der Waals surface area contributed by atoms with E-state index in [-0.39, 0.29) is 11.6 Å². The van der Waals surface area contributed by atoms with Gasteiger partial charge in [-0.1, -0.05) is 12.1 Å². The summed E-state index contributed by atoms with van der Waals surface area (Å²) in [5, 5.41) is 16.6. The number of carbonyl (C=O) groups is 1. The van der Waals surface area contributed by atoms with Crippen LogP contribution in [0.1, 0.15) is 20.5 Å². The molecule has 0 spiro atoms. The fraction of sp³-hybridized carbons (Fsp3) is 0.278. The Morgan fingerprint density at radius 2 is 1.69 bits per heavy atom. The number of carbonyl (C=O) groups excluding carboxylic acids is 1. The predicted molar refractivity (Wildman–Crippen MR) is 108 cm³/mol. The third kappa shape index (κ3) is 4.92. The molecule has 2 aromatic rings. The zero-order valence-corrected chi connectivity index (χ0v) is 15.6. The van der Waals surface area contributed by atoms with Gasteiger partial charge in [-0.15, -0.1) is 23.5 Å². The number of nitrogens with zero attached hydrogens (tertiary/aromatic N) is 1. The second-order valence-corrected chi connectivity index (χ2v) is 8.41. The van der Waals surface area contributed by atoms with Crippen LogP contribution >= 0.6 is 23.5 Å². The van der Waals surface area contributed by atoms with Gasteiger partial charge in [0, 0.05) is 48.0 Å². The van der Waals surface area contributed by atoms with E-state index in [9.17, 15) is 14.9 Å². The van der Waals surface area contributed by atoms with Crippen LogP contribution < -0.4 is 10.6 Å². The Bertz CT molecular complexity index is 760. The summed E-state index contributed by atoms with van der Waals surface area (Å²) in [5.41, 5.74) is 2.74. The number of non-ortho nitro benzene ring substituents is 1. The molecule has 2 N–H and O–H groups in total. The molecule has 0 aromatic heterocycles. The minimum absolute atomic E-state index is 0.0571. The molecule has 1 amide bonds. The van der Waals surface area contributed by atoms with Gasteiger partial charge in [-0.3, -0.25) is 14.9 Å². The summed E-state index contributed by atoms with van der Waals surface area (Å²) in [5.74, 6) is 2.26. The lowest BCUT2D eigenvalue weighted by Crippen LogP contribution is -2.28. The second-order valence-electron chi connectivity index (χ2n) is 5.68. The molecule has 0 aliphatic carbocycles. The number of amides is 1. The SMILES string of the molecule is O=C(NCCNc1ccc([N+](=O)[O-])cc1)c1ccc(C2SCCS2)cc1. The maximum atomic E-state index is 12.2. The van der Waals surface area contributed by atoms with Crippen LogP contribution in [0.5, 0.6) is 0 Å². The number of hydrogen-bond acceptors (Lipinski definition) is 6. The van der Waals surface area contributed by atoms with Gasteiger partial charge in [0.05, 0.1) is 9.51 Å². The van der Waals surface area contributed by atoms with Gasteiger partial charge in [-0.05, 0) is 29.8 Å². The van der Waals surface area contributed by atoms with Crippen LogP contribution in [0.3, 0.4) is 0 Å². The van der Waals surface area contributed by atoms with Crippen molar-refractivity contribution in [1.29, 1.82) is 0 Å². The molecule has 1 aliphatic heterocycles. The number of benzene rings is 2. The monoisotopic (exact) mass is 389 g/mol. The minimum atomic E-state index is -0.431. The van der Waals surface area contributed by atoms with Crippen LogP contribution in [-0.2, 0) is 0 Å². The zero-order chi connectivity index (χ0) is 18.4. The summed E-state index contributed by atoms with van der Waals surface area (Å²) in [4.78, 5) is 22.4. The fourth-order valence-corrected chi connectivity index (χ4v) is 5.39. The number of hydrogen-bond donors (Lipinski definition) is 2. The highest BCUT2D eigenvalue weighted by Gasteiger charge is 2.18. The van der Waals surface area contributed by atoms with Gasteiger partial charge in [0.2, 0.25) is 0 Å². The van der Waals surface area contributed by atoms with E-state index in [1.165, 1.54) is 29.2 Å². The molecule has 0 saturated carbocycles. The van der Waals surface area contributed by atoms with Crippen molar-refractivity contribution in [3.8, 4) is 0 Å². The van der Waals surface area contributed by atoms with Crippen molar-refractivity contribution in [3.05, 3.63) is 69.8 Å². The highest BCUT2D eigenvalue weighted by atomic mass is 32.2.